The number of aryl methyl sites for hydroxylation is 2. The summed E-state index contributed by atoms with van der Waals surface area (Å²) in [4.78, 5) is 17.9. The minimum Gasteiger partial charge on any atom is -0.508 e. The van der Waals surface area contributed by atoms with E-state index in [0.717, 1.165) is 31.0 Å². The number of amides is 1. The minimum atomic E-state index is 0.182. The van der Waals surface area contributed by atoms with E-state index in [2.05, 4.69) is 31.4 Å². The van der Waals surface area contributed by atoms with Crippen LogP contribution in [0.15, 0.2) is 24.3 Å². The monoisotopic (exact) mass is 382 g/mol. The first-order valence-corrected chi connectivity index (χ1v) is 10.2. The van der Waals surface area contributed by atoms with Gasteiger partial charge in [-0.05, 0) is 66.9 Å². The number of fused-ring (bicyclic) bond motifs is 2. The number of aromatic nitrogens is 4. The highest BCUT2D eigenvalue weighted by molar-refractivity contribution is 5.77. The van der Waals surface area contributed by atoms with Crippen LogP contribution in [-0.2, 0) is 11.3 Å². The molecule has 0 radical (unpaired) electrons. The minimum absolute atomic E-state index is 0.182. The molecular formula is C20H26N6O2. The molecule has 2 bridgehead atoms. The Balaban J connectivity index is 1.40. The van der Waals surface area contributed by atoms with Crippen LogP contribution in [-0.4, -0.2) is 72.7 Å². The number of tetrazole rings is 1. The van der Waals surface area contributed by atoms with Gasteiger partial charge in [0.2, 0.25) is 5.91 Å². The van der Waals surface area contributed by atoms with Gasteiger partial charge in [-0.15, -0.1) is 5.10 Å². The van der Waals surface area contributed by atoms with Gasteiger partial charge in [0.05, 0.1) is 12.6 Å². The molecule has 1 N–H and O–H groups in total. The van der Waals surface area contributed by atoms with Gasteiger partial charge in [0, 0.05) is 24.9 Å². The zero-order valence-corrected chi connectivity index (χ0v) is 16.1. The van der Waals surface area contributed by atoms with Crippen molar-refractivity contribution in [3.63, 3.8) is 0 Å². The summed E-state index contributed by atoms with van der Waals surface area (Å²) in [5.74, 6) is 2.03. The number of likely N-dealkylation sites (tertiary alicyclic amines) is 1. The Labute approximate surface area is 164 Å². The number of hydrogen-bond acceptors (Lipinski definition) is 6. The Morgan fingerprint density at radius 3 is 2.79 bits per heavy atom. The predicted octanol–water partition coefficient (Wildman–Crippen LogP) is 1.17. The fraction of sp³-hybridized carbons (Fsp3) is 0.600. The van der Waals surface area contributed by atoms with E-state index in [9.17, 15) is 9.90 Å². The topological polar surface area (TPSA) is 87.4 Å². The lowest BCUT2D eigenvalue weighted by molar-refractivity contribution is -0.136. The molecule has 28 heavy (non-hydrogen) atoms. The molecule has 0 spiro atoms. The Kier molecular flexibility index (Phi) is 4.30. The highest BCUT2D eigenvalue weighted by atomic mass is 16.3. The summed E-state index contributed by atoms with van der Waals surface area (Å²) in [6.07, 6.45) is 2.75. The number of hydrogen-bond donors (Lipinski definition) is 1. The number of aromatic hydroxyl groups is 1. The molecule has 8 heteroatoms. The number of carbonyl (C=O) groups is 1. The maximum Gasteiger partial charge on any atom is 0.224 e. The van der Waals surface area contributed by atoms with Gasteiger partial charge in [0.1, 0.15) is 11.6 Å². The fourth-order valence-electron chi connectivity index (χ4n) is 5.55. The third kappa shape index (κ3) is 2.87. The molecule has 2 aromatic rings. The standard InChI is InChI=1S/C20H26N6O2/c1-13-21-22-23-26(13)10-7-18(28)25-12-17(15-3-2-4-16(27)11-15)20-19(25)14-5-8-24(20)9-6-14/h2-4,11,14,17,19-20,27H,5-10,12H2,1H3/t17-,19+,20+/m1/s1. The van der Waals surface area contributed by atoms with E-state index in [1.807, 2.05) is 19.1 Å². The Morgan fingerprint density at radius 1 is 1.25 bits per heavy atom. The second-order valence-corrected chi connectivity index (χ2v) is 8.30. The normalized spacial score (nSPS) is 31.2. The second kappa shape index (κ2) is 6.84. The molecule has 3 atom stereocenters. The number of phenolic OH excluding ortho intramolecular Hbond substituents is 1. The Hall–Kier alpha value is -2.48. The summed E-state index contributed by atoms with van der Waals surface area (Å²) < 4.78 is 1.69. The highest BCUT2D eigenvalue weighted by Gasteiger charge is 2.54. The summed E-state index contributed by atoms with van der Waals surface area (Å²) in [5.41, 5.74) is 1.13. The first kappa shape index (κ1) is 17.6. The van der Waals surface area contributed by atoms with Gasteiger partial charge < -0.3 is 10.0 Å². The van der Waals surface area contributed by atoms with E-state index in [0.29, 0.717) is 30.7 Å². The molecule has 0 aliphatic carbocycles. The van der Waals surface area contributed by atoms with Crippen LogP contribution in [0, 0.1) is 12.8 Å². The van der Waals surface area contributed by atoms with Crippen molar-refractivity contribution in [2.24, 2.45) is 5.92 Å². The number of piperidine rings is 3. The van der Waals surface area contributed by atoms with Crippen molar-refractivity contribution in [3.8, 4) is 5.75 Å². The van der Waals surface area contributed by atoms with Gasteiger partial charge in [0.15, 0.2) is 0 Å². The van der Waals surface area contributed by atoms with Crippen molar-refractivity contribution >= 4 is 5.91 Å². The summed E-state index contributed by atoms with van der Waals surface area (Å²) in [6.45, 7) is 5.32. The quantitative estimate of drug-likeness (QED) is 0.854. The van der Waals surface area contributed by atoms with Crippen molar-refractivity contribution in [2.75, 3.05) is 19.6 Å². The van der Waals surface area contributed by atoms with E-state index >= 15 is 0 Å². The van der Waals surface area contributed by atoms with Gasteiger partial charge in [-0.2, -0.15) is 0 Å². The molecule has 4 aliphatic rings. The first-order valence-electron chi connectivity index (χ1n) is 10.2. The molecule has 5 heterocycles. The number of carbonyl (C=O) groups excluding carboxylic acids is 1. The molecule has 1 amide bonds. The van der Waals surface area contributed by atoms with E-state index < -0.39 is 0 Å². The number of benzene rings is 1. The average molecular weight is 382 g/mol. The maximum absolute atomic E-state index is 13.2. The lowest BCUT2D eigenvalue weighted by Gasteiger charge is -2.51. The van der Waals surface area contributed by atoms with Crippen LogP contribution in [0.1, 0.15) is 36.6 Å². The molecule has 6 rings (SSSR count). The average Bonchev–Trinajstić information content (AvgIpc) is 3.32. The SMILES string of the molecule is Cc1nnnn1CCC(=O)N1C[C@H](c2cccc(O)c2)[C@H]2[C@@H]1C1CCN2CC1. The molecule has 4 fully saturated rings. The van der Waals surface area contributed by atoms with Crippen molar-refractivity contribution in [1.29, 1.82) is 0 Å². The number of nitrogens with zero attached hydrogens (tertiary/aromatic N) is 6. The summed E-state index contributed by atoms with van der Waals surface area (Å²) in [6, 6.07) is 8.19. The van der Waals surface area contributed by atoms with Crippen LogP contribution in [0.3, 0.4) is 0 Å². The Bertz CT molecular complexity index is 875. The van der Waals surface area contributed by atoms with Crippen LogP contribution in [0.25, 0.3) is 0 Å². The van der Waals surface area contributed by atoms with Crippen LogP contribution in [0.2, 0.25) is 0 Å². The van der Waals surface area contributed by atoms with Gasteiger partial charge >= 0.3 is 0 Å². The smallest absolute Gasteiger partial charge is 0.224 e. The molecule has 4 saturated heterocycles. The van der Waals surface area contributed by atoms with Crippen LogP contribution < -0.4 is 0 Å². The molecule has 1 aromatic heterocycles. The number of rotatable bonds is 4. The van der Waals surface area contributed by atoms with Crippen molar-refractivity contribution in [1.82, 2.24) is 30.0 Å². The van der Waals surface area contributed by atoms with E-state index in [-0.39, 0.29) is 17.9 Å². The predicted molar refractivity (Wildman–Crippen MR) is 102 cm³/mol. The molecule has 0 unspecified atom stereocenters. The molecule has 1 aromatic carbocycles. The highest BCUT2D eigenvalue weighted by Crippen LogP contribution is 2.47. The van der Waals surface area contributed by atoms with Crippen LogP contribution in [0.5, 0.6) is 5.75 Å². The zero-order chi connectivity index (χ0) is 19.3. The second-order valence-electron chi connectivity index (χ2n) is 8.30. The first-order chi connectivity index (χ1) is 13.6. The van der Waals surface area contributed by atoms with E-state index in [4.69, 9.17) is 0 Å². The van der Waals surface area contributed by atoms with Gasteiger partial charge in [-0.1, -0.05) is 12.1 Å². The zero-order valence-electron chi connectivity index (χ0n) is 16.1. The van der Waals surface area contributed by atoms with Crippen molar-refractivity contribution in [3.05, 3.63) is 35.7 Å². The Morgan fingerprint density at radius 2 is 2.07 bits per heavy atom. The van der Waals surface area contributed by atoms with E-state index in [1.165, 1.54) is 12.8 Å². The van der Waals surface area contributed by atoms with Crippen LogP contribution in [0.4, 0.5) is 0 Å². The fourth-order valence-corrected chi connectivity index (χ4v) is 5.55. The van der Waals surface area contributed by atoms with Gasteiger partial charge in [0.25, 0.3) is 0 Å². The largest absolute Gasteiger partial charge is 0.508 e. The van der Waals surface area contributed by atoms with Crippen molar-refractivity contribution < 1.29 is 9.90 Å². The molecule has 148 valence electrons. The molecular weight excluding hydrogens is 356 g/mol. The third-order valence-electron chi connectivity index (χ3n) is 6.86. The molecule has 0 saturated carbocycles. The van der Waals surface area contributed by atoms with Gasteiger partial charge in [-0.3, -0.25) is 9.69 Å². The molecule has 4 aliphatic heterocycles. The number of phenols is 1. The summed E-state index contributed by atoms with van der Waals surface area (Å²) >= 11 is 0. The molecule has 8 nitrogen and oxygen atoms in total. The maximum atomic E-state index is 13.2. The summed E-state index contributed by atoms with van der Waals surface area (Å²) in [5, 5.41) is 21.5. The lowest BCUT2D eigenvalue weighted by atomic mass is 9.75. The van der Waals surface area contributed by atoms with Gasteiger partial charge in [-0.25, -0.2) is 4.68 Å². The van der Waals surface area contributed by atoms with Crippen molar-refractivity contribution in [2.45, 2.75) is 50.7 Å². The van der Waals surface area contributed by atoms with Crippen LogP contribution >= 0.6 is 0 Å². The van der Waals surface area contributed by atoms with E-state index in [1.54, 1.807) is 10.7 Å². The lowest BCUT2D eigenvalue weighted by Crippen LogP contribution is -2.60. The summed E-state index contributed by atoms with van der Waals surface area (Å²) in [7, 11) is 0. The third-order valence-corrected chi connectivity index (χ3v) is 6.86.